The van der Waals surface area contributed by atoms with Gasteiger partial charge in [0, 0.05) is 37.4 Å². The van der Waals surface area contributed by atoms with Crippen LogP contribution in [0.1, 0.15) is 29.3 Å². The van der Waals surface area contributed by atoms with Gasteiger partial charge in [0.15, 0.2) is 5.78 Å². The van der Waals surface area contributed by atoms with E-state index in [0.717, 1.165) is 22.7 Å². The number of anilines is 2. The van der Waals surface area contributed by atoms with Crippen LogP contribution in [0.15, 0.2) is 48.5 Å². The second kappa shape index (κ2) is 8.38. The Morgan fingerprint density at radius 3 is 2.19 bits per heavy atom. The quantitative estimate of drug-likeness (QED) is 0.534. The molecule has 6 nitrogen and oxygen atoms in total. The van der Waals surface area contributed by atoms with E-state index in [9.17, 15) is 27.6 Å². The van der Waals surface area contributed by atoms with Crippen molar-refractivity contribution in [1.82, 2.24) is 4.90 Å². The molecule has 2 aromatic rings. The molecule has 4 rings (SSSR count). The molecule has 0 aliphatic carbocycles. The predicted octanol–water partition coefficient (Wildman–Crippen LogP) is 3.36. The molecule has 2 aliphatic heterocycles. The maximum atomic E-state index is 13.0. The third-order valence-corrected chi connectivity index (χ3v) is 5.95. The normalized spacial score (nSPS) is 20.2. The Labute approximate surface area is 183 Å². The molecule has 1 atom stereocenters. The summed E-state index contributed by atoms with van der Waals surface area (Å²) >= 11 is 0. The van der Waals surface area contributed by atoms with Gasteiger partial charge in [-0.1, -0.05) is 6.07 Å². The molecule has 2 amide bonds. The fraction of sp³-hybridized carbons (Fsp3) is 0.348. The first-order valence-electron chi connectivity index (χ1n) is 10.3. The summed E-state index contributed by atoms with van der Waals surface area (Å²) in [5.41, 5.74) is 0.649. The topological polar surface area (TPSA) is 60.9 Å². The number of hydrogen-bond donors (Lipinski definition) is 0. The Kier molecular flexibility index (Phi) is 5.77. The molecule has 0 spiro atoms. The van der Waals surface area contributed by atoms with Crippen molar-refractivity contribution in [3.8, 4) is 0 Å². The zero-order valence-electron chi connectivity index (χ0n) is 17.4. The number of nitrogens with zero attached hydrogens (tertiary/aromatic N) is 3. The Hall–Kier alpha value is -3.20. The molecule has 0 saturated carbocycles. The number of halogens is 3. The summed E-state index contributed by atoms with van der Waals surface area (Å²) in [6, 6.07) is 10.9. The lowest BCUT2D eigenvalue weighted by molar-refractivity contribution is -0.137. The number of rotatable bonds is 4. The molecule has 0 bridgehead atoms. The van der Waals surface area contributed by atoms with Crippen LogP contribution in [-0.2, 0) is 15.8 Å². The van der Waals surface area contributed by atoms with Gasteiger partial charge in [-0.3, -0.25) is 19.3 Å². The summed E-state index contributed by atoms with van der Waals surface area (Å²) < 4.78 is 39.1. The van der Waals surface area contributed by atoms with Gasteiger partial charge in [0.1, 0.15) is 0 Å². The van der Waals surface area contributed by atoms with Crippen molar-refractivity contribution in [3.63, 3.8) is 0 Å². The van der Waals surface area contributed by atoms with E-state index in [2.05, 4.69) is 4.90 Å². The van der Waals surface area contributed by atoms with Crippen LogP contribution >= 0.6 is 0 Å². The number of hydrogen-bond acceptors (Lipinski definition) is 5. The fourth-order valence-corrected chi connectivity index (χ4v) is 4.19. The Morgan fingerprint density at radius 2 is 1.59 bits per heavy atom. The first-order chi connectivity index (χ1) is 15.1. The maximum Gasteiger partial charge on any atom is 0.416 e. The minimum absolute atomic E-state index is 0.00360. The predicted molar refractivity (Wildman–Crippen MR) is 113 cm³/mol. The lowest BCUT2D eigenvalue weighted by Crippen LogP contribution is -2.52. The van der Waals surface area contributed by atoms with Crippen LogP contribution < -0.4 is 9.80 Å². The first kappa shape index (κ1) is 22.0. The summed E-state index contributed by atoms with van der Waals surface area (Å²) in [7, 11) is 0. The number of carbonyl (C=O) groups excluding carboxylic acids is 3. The molecule has 2 aromatic carbocycles. The van der Waals surface area contributed by atoms with Gasteiger partial charge in [-0.15, -0.1) is 0 Å². The fourth-order valence-electron chi connectivity index (χ4n) is 4.19. The van der Waals surface area contributed by atoms with Crippen LogP contribution in [-0.4, -0.2) is 54.7 Å². The highest BCUT2D eigenvalue weighted by Gasteiger charge is 2.44. The number of imide groups is 1. The summed E-state index contributed by atoms with van der Waals surface area (Å²) in [6.07, 6.45) is -4.61. The van der Waals surface area contributed by atoms with E-state index >= 15 is 0 Å². The van der Waals surface area contributed by atoms with Crippen molar-refractivity contribution in [3.05, 3.63) is 59.7 Å². The average molecular weight is 445 g/mol. The molecule has 168 valence electrons. The Morgan fingerprint density at radius 1 is 0.938 bits per heavy atom. The van der Waals surface area contributed by atoms with E-state index in [0.29, 0.717) is 31.7 Å². The smallest absolute Gasteiger partial charge is 0.369 e. The standard InChI is InChI=1S/C23H22F3N3O3/c1-15(30)16-5-7-18(8-6-16)27-9-11-28(12-10-27)20-14-21(31)29(22(20)32)19-4-2-3-17(13-19)23(24,25)26/h2-8,13,20H,9-12,14H2,1H3/t20-/m1/s1. The van der Waals surface area contributed by atoms with E-state index in [-0.39, 0.29) is 17.9 Å². The zero-order chi connectivity index (χ0) is 23.0. The lowest BCUT2D eigenvalue weighted by atomic mass is 10.1. The number of piperazine rings is 1. The molecule has 0 radical (unpaired) electrons. The van der Waals surface area contributed by atoms with Crippen molar-refractivity contribution in [2.75, 3.05) is 36.0 Å². The van der Waals surface area contributed by atoms with Gasteiger partial charge in [-0.2, -0.15) is 13.2 Å². The molecule has 2 saturated heterocycles. The zero-order valence-corrected chi connectivity index (χ0v) is 17.4. The highest BCUT2D eigenvalue weighted by atomic mass is 19.4. The van der Waals surface area contributed by atoms with E-state index in [1.165, 1.54) is 19.1 Å². The molecule has 0 aromatic heterocycles. The molecule has 9 heteroatoms. The summed E-state index contributed by atoms with van der Waals surface area (Å²) in [4.78, 5) is 41.8. The lowest BCUT2D eigenvalue weighted by Gasteiger charge is -2.38. The van der Waals surface area contributed by atoms with Gasteiger partial charge in [0.2, 0.25) is 5.91 Å². The van der Waals surface area contributed by atoms with Crippen LogP contribution in [0.2, 0.25) is 0 Å². The van der Waals surface area contributed by atoms with Crippen LogP contribution in [0.25, 0.3) is 0 Å². The summed E-state index contributed by atoms with van der Waals surface area (Å²) in [5.74, 6) is -0.994. The van der Waals surface area contributed by atoms with E-state index in [1.807, 2.05) is 17.0 Å². The number of alkyl halides is 3. The molecular weight excluding hydrogens is 423 g/mol. The van der Waals surface area contributed by atoms with Crippen molar-refractivity contribution in [2.45, 2.75) is 25.6 Å². The van der Waals surface area contributed by atoms with Crippen LogP contribution in [0.3, 0.4) is 0 Å². The monoisotopic (exact) mass is 445 g/mol. The highest BCUT2D eigenvalue weighted by Crippen LogP contribution is 2.34. The molecule has 0 unspecified atom stereocenters. The highest BCUT2D eigenvalue weighted by molar-refractivity contribution is 6.22. The van der Waals surface area contributed by atoms with Gasteiger partial charge in [0.25, 0.3) is 5.91 Å². The molecule has 32 heavy (non-hydrogen) atoms. The van der Waals surface area contributed by atoms with E-state index in [4.69, 9.17) is 0 Å². The van der Waals surface area contributed by atoms with Crippen molar-refractivity contribution < 1.29 is 27.6 Å². The number of Topliss-reactive ketones (excluding diaryl/α,β-unsaturated/α-hetero) is 1. The van der Waals surface area contributed by atoms with Crippen LogP contribution in [0.5, 0.6) is 0 Å². The average Bonchev–Trinajstić information content (AvgIpc) is 3.07. The van der Waals surface area contributed by atoms with E-state index < -0.39 is 29.6 Å². The first-order valence-corrected chi connectivity index (χ1v) is 10.3. The van der Waals surface area contributed by atoms with Crippen molar-refractivity contribution in [1.29, 1.82) is 0 Å². The largest absolute Gasteiger partial charge is 0.416 e. The van der Waals surface area contributed by atoms with E-state index in [1.54, 1.807) is 12.1 Å². The van der Waals surface area contributed by atoms with Crippen molar-refractivity contribution >= 4 is 29.0 Å². The van der Waals surface area contributed by atoms with Gasteiger partial charge in [-0.05, 0) is 49.4 Å². The minimum Gasteiger partial charge on any atom is -0.369 e. The van der Waals surface area contributed by atoms with Crippen molar-refractivity contribution in [2.24, 2.45) is 0 Å². The number of ketones is 1. The number of carbonyl (C=O) groups is 3. The molecular formula is C23H22F3N3O3. The minimum atomic E-state index is -4.56. The van der Waals surface area contributed by atoms with Crippen LogP contribution in [0.4, 0.5) is 24.5 Å². The Balaban J connectivity index is 1.43. The summed E-state index contributed by atoms with van der Waals surface area (Å²) in [5, 5.41) is 0. The molecule has 0 N–H and O–H groups in total. The molecule has 2 fully saturated rings. The number of benzene rings is 2. The number of amides is 2. The Bertz CT molecular complexity index is 1040. The van der Waals surface area contributed by atoms with Crippen LogP contribution in [0, 0.1) is 0 Å². The molecule has 2 heterocycles. The third-order valence-electron chi connectivity index (χ3n) is 5.95. The second-order valence-corrected chi connectivity index (χ2v) is 7.96. The maximum absolute atomic E-state index is 13.0. The second-order valence-electron chi connectivity index (χ2n) is 7.96. The van der Waals surface area contributed by atoms with Gasteiger partial charge in [-0.25, -0.2) is 4.90 Å². The SMILES string of the molecule is CC(=O)c1ccc(N2CCN([C@@H]3CC(=O)N(c4cccc(C(F)(F)F)c4)C3=O)CC2)cc1. The summed E-state index contributed by atoms with van der Waals surface area (Å²) in [6.45, 7) is 3.83. The molecule has 2 aliphatic rings. The third kappa shape index (κ3) is 4.25. The van der Waals surface area contributed by atoms with Gasteiger partial charge in [0.05, 0.1) is 23.7 Å². The van der Waals surface area contributed by atoms with Gasteiger partial charge >= 0.3 is 6.18 Å². The van der Waals surface area contributed by atoms with Gasteiger partial charge < -0.3 is 4.90 Å².